The van der Waals surface area contributed by atoms with E-state index in [1.54, 1.807) is 6.07 Å². The maximum Gasteiger partial charge on any atom is 0.417 e. The minimum absolute atomic E-state index is 0.0182. The van der Waals surface area contributed by atoms with E-state index in [-0.39, 0.29) is 10.5 Å². The highest BCUT2D eigenvalue weighted by Crippen LogP contribution is 2.30. The Morgan fingerprint density at radius 3 is 1.84 bits per heavy atom. The average Bonchev–Trinajstić information content (AvgIpc) is 3.10. The Hall–Kier alpha value is -4.59. The summed E-state index contributed by atoms with van der Waals surface area (Å²) in [5, 5.41) is 25.0. The Morgan fingerprint density at radius 2 is 1.38 bits per heavy atom. The second-order valence-corrected chi connectivity index (χ2v) is 14.8. The zero-order valence-electron chi connectivity index (χ0n) is 32.9. The van der Waals surface area contributed by atoms with Crippen molar-refractivity contribution in [3.05, 3.63) is 35.9 Å². The number of nitrogens with zero attached hydrogens (tertiary/aromatic N) is 2. The molecule has 17 nitrogen and oxygen atoms in total. The lowest BCUT2D eigenvalue weighted by molar-refractivity contribution is -0.188. The molecule has 7 atom stereocenters. The van der Waals surface area contributed by atoms with Crippen LogP contribution < -0.4 is 22.1 Å². The number of methoxy groups -OCH3 is 1. The minimum atomic E-state index is -4.89. The number of hydrogen-bond donors (Lipinski definition) is 6. The Bertz CT molecular complexity index is 1520. The third-order valence-electron chi connectivity index (χ3n) is 8.33. The number of carbonyl (C=O) groups excluding carboxylic acids is 7. The van der Waals surface area contributed by atoms with Gasteiger partial charge in [0.05, 0.1) is 25.8 Å². The molecule has 8 N–H and O–H groups in total. The summed E-state index contributed by atoms with van der Waals surface area (Å²) in [6.07, 6.45) is -5.03. The lowest BCUT2D eigenvalue weighted by Gasteiger charge is -2.38. The fourth-order valence-electron chi connectivity index (χ4n) is 5.10. The van der Waals surface area contributed by atoms with Crippen LogP contribution in [0.5, 0.6) is 0 Å². The Morgan fingerprint density at radius 1 is 0.836 bits per heavy atom. The van der Waals surface area contributed by atoms with Crippen LogP contribution in [0.3, 0.4) is 0 Å². The first-order valence-corrected chi connectivity index (χ1v) is 17.6. The molecular formula is C36H56F2N6O11. The maximum absolute atomic E-state index is 16.5. The standard InChI is InChI=1S/C36H56F2N6O11/c1-18(2)25(40)31(50)44(26(19(3)4)32(51)54-10)33(52)36(37,38)27(46)24(16-22-14-12-11-13-15-22)42-28(47)21(6)43(34(53)55-35(7,8)9)30(49)20(5)41-29(48)23(39)17-45/h11-15,18-21,23-27,45-46H,16-17,39-40H2,1-10H3,(H,41,48)(H,42,47)/t20-,21-,23-,24-,25?,26-,27+/m0/s1. The molecule has 1 aromatic carbocycles. The van der Waals surface area contributed by atoms with E-state index in [0.29, 0.717) is 4.90 Å². The molecule has 55 heavy (non-hydrogen) atoms. The van der Waals surface area contributed by atoms with Crippen molar-refractivity contribution in [1.29, 1.82) is 0 Å². The zero-order chi connectivity index (χ0) is 42.7. The van der Waals surface area contributed by atoms with Crippen molar-refractivity contribution < 1.29 is 62.0 Å². The summed E-state index contributed by atoms with van der Waals surface area (Å²) in [5.41, 5.74) is 10.5. The number of amides is 6. The third-order valence-corrected chi connectivity index (χ3v) is 8.33. The number of nitrogens with one attached hydrogen (secondary N) is 2. The number of carbonyl (C=O) groups is 7. The van der Waals surface area contributed by atoms with Crippen molar-refractivity contribution in [2.24, 2.45) is 23.3 Å². The van der Waals surface area contributed by atoms with Crippen LogP contribution in [-0.2, 0) is 44.7 Å². The molecule has 1 unspecified atom stereocenters. The molecule has 0 heterocycles. The maximum atomic E-state index is 16.5. The minimum Gasteiger partial charge on any atom is -0.467 e. The van der Waals surface area contributed by atoms with E-state index in [1.807, 2.05) is 0 Å². The average molecular weight is 787 g/mol. The molecule has 6 amide bonds. The van der Waals surface area contributed by atoms with E-state index in [4.69, 9.17) is 20.9 Å². The van der Waals surface area contributed by atoms with Crippen LogP contribution in [0.1, 0.15) is 67.9 Å². The normalized spacial score (nSPS) is 15.7. The number of imide groups is 2. The molecule has 0 aliphatic carbocycles. The van der Waals surface area contributed by atoms with Crippen LogP contribution in [0.25, 0.3) is 0 Å². The summed E-state index contributed by atoms with van der Waals surface area (Å²) in [6.45, 7) is 11.5. The second-order valence-electron chi connectivity index (χ2n) is 14.8. The highest BCUT2D eigenvalue weighted by atomic mass is 19.3. The molecule has 0 aliphatic rings. The molecule has 0 spiro atoms. The van der Waals surface area contributed by atoms with Crippen LogP contribution in [-0.4, -0.2) is 129 Å². The first-order valence-electron chi connectivity index (χ1n) is 17.6. The number of aliphatic hydroxyl groups excluding tert-OH is 2. The van der Waals surface area contributed by atoms with E-state index < -0.39 is 120 Å². The van der Waals surface area contributed by atoms with Gasteiger partial charge < -0.3 is 41.8 Å². The van der Waals surface area contributed by atoms with Crippen molar-refractivity contribution in [3.8, 4) is 0 Å². The monoisotopic (exact) mass is 786 g/mol. The quantitative estimate of drug-likeness (QED) is 0.116. The van der Waals surface area contributed by atoms with E-state index in [2.05, 4.69) is 10.6 Å². The first-order chi connectivity index (χ1) is 25.2. The molecule has 19 heteroatoms. The highest BCUT2D eigenvalue weighted by molar-refractivity contribution is 6.05. The van der Waals surface area contributed by atoms with Crippen molar-refractivity contribution in [2.45, 2.75) is 123 Å². The summed E-state index contributed by atoms with van der Waals surface area (Å²) in [5.74, 6) is -14.9. The van der Waals surface area contributed by atoms with Gasteiger partial charge in [0.1, 0.15) is 35.9 Å². The summed E-state index contributed by atoms with van der Waals surface area (Å²) < 4.78 is 43.0. The molecule has 0 fully saturated rings. The largest absolute Gasteiger partial charge is 0.467 e. The number of esters is 1. The van der Waals surface area contributed by atoms with Gasteiger partial charge in [-0.15, -0.1) is 0 Å². The lowest BCUT2D eigenvalue weighted by Crippen LogP contribution is -2.66. The molecule has 1 rings (SSSR count). The molecule has 0 bridgehead atoms. The van der Waals surface area contributed by atoms with E-state index in [1.165, 1.54) is 72.7 Å². The van der Waals surface area contributed by atoms with Gasteiger partial charge in [-0.25, -0.2) is 14.5 Å². The predicted molar refractivity (Wildman–Crippen MR) is 194 cm³/mol. The van der Waals surface area contributed by atoms with E-state index in [0.717, 1.165) is 21.0 Å². The molecule has 0 aromatic heterocycles. The van der Waals surface area contributed by atoms with Crippen LogP contribution in [0, 0.1) is 11.8 Å². The first kappa shape index (κ1) is 48.4. The summed E-state index contributed by atoms with van der Waals surface area (Å²) in [7, 11) is 0.927. The van der Waals surface area contributed by atoms with Crippen LogP contribution in [0.4, 0.5) is 13.6 Å². The van der Waals surface area contributed by atoms with Gasteiger partial charge in [0.25, 0.3) is 5.91 Å². The Balaban J connectivity index is 3.79. The topological polar surface area (TPSA) is 261 Å². The number of nitrogens with two attached hydrogens (primary N) is 2. The SMILES string of the molecule is COC(=O)[C@H](C(C)C)N(C(=O)C(N)C(C)C)C(=O)C(F)(F)[C@H](O)[C@H](Cc1ccccc1)NC(=O)[C@H](C)N(C(=O)OC(C)(C)C)C(=O)[C@H](C)NC(=O)[C@@H](N)CO. The summed E-state index contributed by atoms with van der Waals surface area (Å²) in [6, 6.07) is -2.72. The van der Waals surface area contributed by atoms with Gasteiger partial charge in [-0.05, 0) is 58.4 Å². The van der Waals surface area contributed by atoms with Crippen molar-refractivity contribution in [3.63, 3.8) is 0 Å². The fraction of sp³-hybridized carbons (Fsp3) is 0.639. The number of hydrogen-bond acceptors (Lipinski definition) is 13. The van der Waals surface area contributed by atoms with Crippen molar-refractivity contribution in [2.75, 3.05) is 13.7 Å². The molecule has 0 radical (unpaired) electrons. The van der Waals surface area contributed by atoms with Gasteiger partial charge in [0.15, 0.2) is 0 Å². The predicted octanol–water partition coefficient (Wildman–Crippen LogP) is 0.223. The van der Waals surface area contributed by atoms with Crippen molar-refractivity contribution in [1.82, 2.24) is 20.4 Å². The molecule has 0 saturated carbocycles. The molecule has 1 aromatic rings. The van der Waals surface area contributed by atoms with Crippen LogP contribution in [0.2, 0.25) is 0 Å². The fourth-order valence-corrected chi connectivity index (χ4v) is 5.10. The van der Waals surface area contributed by atoms with Gasteiger partial charge in [0, 0.05) is 0 Å². The lowest BCUT2D eigenvalue weighted by atomic mass is 9.93. The second kappa shape index (κ2) is 20.4. The third kappa shape index (κ3) is 13.0. The molecule has 0 saturated heterocycles. The molecular weight excluding hydrogens is 730 g/mol. The van der Waals surface area contributed by atoms with Gasteiger partial charge >= 0.3 is 23.9 Å². The van der Waals surface area contributed by atoms with E-state index in [9.17, 15) is 43.8 Å². The van der Waals surface area contributed by atoms with E-state index >= 15 is 8.78 Å². The number of halogens is 2. The van der Waals surface area contributed by atoms with Gasteiger partial charge in [-0.1, -0.05) is 58.0 Å². The zero-order valence-corrected chi connectivity index (χ0v) is 32.9. The van der Waals surface area contributed by atoms with Gasteiger partial charge in [-0.3, -0.25) is 28.9 Å². The Kier molecular flexibility index (Phi) is 17.9. The molecule has 310 valence electrons. The molecule has 0 aliphatic heterocycles. The van der Waals surface area contributed by atoms with Crippen LogP contribution >= 0.6 is 0 Å². The highest BCUT2D eigenvalue weighted by Gasteiger charge is 2.57. The van der Waals surface area contributed by atoms with Gasteiger partial charge in [0.2, 0.25) is 17.7 Å². The number of aliphatic hydroxyl groups is 2. The smallest absolute Gasteiger partial charge is 0.417 e. The van der Waals surface area contributed by atoms with Gasteiger partial charge in [-0.2, -0.15) is 8.78 Å². The summed E-state index contributed by atoms with van der Waals surface area (Å²) in [4.78, 5) is 93.6. The Labute approximate surface area is 319 Å². The van der Waals surface area contributed by atoms with Crippen LogP contribution in [0.15, 0.2) is 30.3 Å². The number of benzene rings is 1. The summed E-state index contributed by atoms with van der Waals surface area (Å²) >= 11 is 0. The van der Waals surface area contributed by atoms with Crippen molar-refractivity contribution >= 4 is 41.6 Å². The number of ether oxygens (including phenoxy) is 2. The number of alkyl halides is 2. The number of rotatable bonds is 17.